The van der Waals surface area contributed by atoms with Gasteiger partial charge in [0.15, 0.2) is 6.10 Å². The summed E-state index contributed by atoms with van der Waals surface area (Å²) in [7, 11) is -3.98. The molecule has 4 rings (SSSR count). The van der Waals surface area contributed by atoms with Gasteiger partial charge < -0.3 is 15.4 Å². The van der Waals surface area contributed by atoms with Gasteiger partial charge in [-0.2, -0.15) is 0 Å². The number of carbonyl (C=O) groups is 2. The first-order valence-electron chi connectivity index (χ1n) is 8.88. The van der Waals surface area contributed by atoms with Crippen molar-refractivity contribution in [2.24, 2.45) is 0 Å². The Kier molecular flexibility index (Phi) is 4.46. The van der Waals surface area contributed by atoms with E-state index in [1.807, 2.05) is 0 Å². The van der Waals surface area contributed by atoms with Gasteiger partial charge in [-0.25, -0.2) is 8.42 Å². The van der Waals surface area contributed by atoms with E-state index in [2.05, 4.69) is 15.4 Å². The molecule has 0 aromatic heterocycles. The molecular formula is C19H19N3O5S. The number of amides is 2. The molecule has 146 valence electrons. The Hall–Kier alpha value is -3.07. The van der Waals surface area contributed by atoms with Gasteiger partial charge in [0.25, 0.3) is 21.8 Å². The zero-order valence-electron chi connectivity index (χ0n) is 15.1. The number of rotatable bonds is 5. The molecule has 2 aliphatic rings. The van der Waals surface area contributed by atoms with Gasteiger partial charge in [-0.3, -0.25) is 14.3 Å². The highest BCUT2D eigenvalue weighted by Gasteiger charge is 2.27. The molecule has 0 bridgehead atoms. The first-order chi connectivity index (χ1) is 13.3. The van der Waals surface area contributed by atoms with Crippen LogP contribution < -0.4 is 20.1 Å². The third kappa shape index (κ3) is 3.65. The van der Waals surface area contributed by atoms with Crippen LogP contribution >= 0.6 is 0 Å². The molecule has 1 aliphatic heterocycles. The quantitative estimate of drug-likeness (QED) is 0.710. The Morgan fingerprint density at radius 2 is 1.93 bits per heavy atom. The Labute approximate surface area is 162 Å². The van der Waals surface area contributed by atoms with E-state index in [0.29, 0.717) is 5.75 Å². The molecule has 0 saturated heterocycles. The monoisotopic (exact) mass is 401 g/mol. The first kappa shape index (κ1) is 18.3. The lowest BCUT2D eigenvalue weighted by atomic mass is 10.1. The van der Waals surface area contributed by atoms with Crippen LogP contribution in [0.4, 0.5) is 11.4 Å². The largest absolute Gasteiger partial charge is 0.479 e. The van der Waals surface area contributed by atoms with Crippen LogP contribution in [0.2, 0.25) is 0 Å². The Morgan fingerprint density at radius 1 is 1.18 bits per heavy atom. The normalized spacial score (nSPS) is 18.5. The van der Waals surface area contributed by atoms with Gasteiger partial charge >= 0.3 is 0 Å². The van der Waals surface area contributed by atoms with Crippen LogP contribution in [0.3, 0.4) is 0 Å². The van der Waals surface area contributed by atoms with Crippen molar-refractivity contribution < 1.29 is 22.7 Å². The van der Waals surface area contributed by atoms with Crippen LogP contribution in [0.1, 0.15) is 30.1 Å². The number of benzene rings is 2. The molecule has 1 atom stereocenters. The summed E-state index contributed by atoms with van der Waals surface area (Å²) >= 11 is 0. The molecule has 3 N–H and O–H groups in total. The number of sulfonamides is 1. The molecule has 1 heterocycles. The predicted octanol–water partition coefficient (Wildman–Crippen LogP) is 2.10. The molecule has 0 unspecified atom stereocenters. The highest BCUT2D eigenvalue weighted by atomic mass is 32.2. The van der Waals surface area contributed by atoms with Crippen LogP contribution in [0, 0.1) is 0 Å². The van der Waals surface area contributed by atoms with E-state index in [9.17, 15) is 18.0 Å². The summed E-state index contributed by atoms with van der Waals surface area (Å²) in [6, 6.07) is 10.8. The van der Waals surface area contributed by atoms with Crippen molar-refractivity contribution >= 4 is 33.2 Å². The van der Waals surface area contributed by atoms with Crippen LogP contribution in [0.25, 0.3) is 0 Å². The van der Waals surface area contributed by atoms with Gasteiger partial charge in [-0.1, -0.05) is 12.1 Å². The summed E-state index contributed by atoms with van der Waals surface area (Å²) in [6.45, 7) is 1.61. The second-order valence-corrected chi connectivity index (χ2v) is 8.49. The minimum Gasteiger partial charge on any atom is -0.479 e. The summed E-state index contributed by atoms with van der Waals surface area (Å²) in [4.78, 5) is 24.1. The standard InChI is InChI=1S/C19H19N3O5S/c1-11-18(23)21-16-10-13(8-9-17(16)27-11)28(25,26)22-15-5-3-2-4-14(15)19(24)20-12-6-7-12/h2-5,8-12,22H,6-7H2,1H3,(H,20,24)(H,21,23)/t11-/m0/s1. The average molecular weight is 401 g/mol. The summed E-state index contributed by atoms with van der Waals surface area (Å²) in [5.74, 6) is -0.270. The Bertz CT molecular complexity index is 1060. The Morgan fingerprint density at radius 3 is 2.68 bits per heavy atom. The lowest BCUT2D eigenvalue weighted by Crippen LogP contribution is -2.34. The average Bonchev–Trinajstić information content (AvgIpc) is 3.46. The zero-order valence-corrected chi connectivity index (χ0v) is 15.9. The maximum Gasteiger partial charge on any atom is 0.265 e. The smallest absolute Gasteiger partial charge is 0.265 e. The lowest BCUT2D eigenvalue weighted by molar-refractivity contribution is -0.122. The third-order valence-corrected chi connectivity index (χ3v) is 5.88. The van der Waals surface area contributed by atoms with E-state index in [0.717, 1.165) is 12.8 Å². The number of hydrogen-bond donors (Lipinski definition) is 3. The van der Waals surface area contributed by atoms with Crippen molar-refractivity contribution in [2.75, 3.05) is 10.0 Å². The lowest BCUT2D eigenvalue weighted by Gasteiger charge is -2.23. The molecule has 2 amide bonds. The fourth-order valence-electron chi connectivity index (χ4n) is 2.82. The molecule has 1 saturated carbocycles. The number of carbonyl (C=O) groups excluding carboxylic acids is 2. The van der Waals surface area contributed by atoms with Gasteiger partial charge in [-0.05, 0) is 50.1 Å². The van der Waals surface area contributed by atoms with Crippen molar-refractivity contribution in [2.45, 2.75) is 36.8 Å². The van der Waals surface area contributed by atoms with E-state index in [1.165, 1.54) is 24.3 Å². The van der Waals surface area contributed by atoms with E-state index < -0.39 is 16.1 Å². The molecule has 1 aliphatic carbocycles. The van der Waals surface area contributed by atoms with E-state index in [4.69, 9.17) is 4.74 Å². The van der Waals surface area contributed by atoms with Gasteiger partial charge in [-0.15, -0.1) is 0 Å². The zero-order chi connectivity index (χ0) is 19.9. The van der Waals surface area contributed by atoms with Crippen molar-refractivity contribution in [3.8, 4) is 5.75 Å². The van der Waals surface area contributed by atoms with E-state index in [-0.39, 0.29) is 39.7 Å². The molecular weight excluding hydrogens is 382 g/mol. The maximum absolute atomic E-state index is 12.8. The molecule has 1 fully saturated rings. The third-order valence-electron chi connectivity index (χ3n) is 4.52. The number of ether oxygens (including phenoxy) is 1. The molecule has 2 aromatic rings. The van der Waals surface area contributed by atoms with Crippen LogP contribution in [0.5, 0.6) is 5.75 Å². The fourth-order valence-corrected chi connectivity index (χ4v) is 3.93. The number of nitrogens with one attached hydrogen (secondary N) is 3. The van der Waals surface area contributed by atoms with E-state index >= 15 is 0 Å². The second kappa shape index (κ2) is 6.83. The molecule has 0 spiro atoms. The summed E-state index contributed by atoms with van der Waals surface area (Å²) in [6.07, 6.45) is 1.22. The van der Waals surface area contributed by atoms with E-state index in [1.54, 1.807) is 25.1 Å². The number of hydrogen-bond acceptors (Lipinski definition) is 5. The summed E-state index contributed by atoms with van der Waals surface area (Å²) < 4.78 is 33.6. The van der Waals surface area contributed by atoms with Crippen molar-refractivity contribution in [1.29, 1.82) is 0 Å². The molecule has 28 heavy (non-hydrogen) atoms. The van der Waals surface area contributed by atoms with Gasteiger partial charge in [0.2, 0.25) is 0 Å². The second-order valence-electron chi connectivity index (χ2n) is 6.81. The molecule has 9 heteroatoms. The van der Waals surface area contributed by atoms with Gasteiger partial charge in [0, 0.05) is 6.04 Å². The minimum atomic E-state index is -3.98. The maximum atomic E-state index is 12.8. The van der Waals surface area contributed by atoms with Crippen LogP contribution in [-0.2, 0) is 14.8 Å². The van der Waals surface area contributed by atoms with Gasteiger partial charge in [0.05, 0.1) is 21.8 Å². The van der Waals surface area contributed by atoms with Crippen molar-refractivity contribution in [1.82, 2.24) is 5.32 Å². The van der Waals surface area contributed by atoms with Crippen molar-refractivity contribution in [3.63, 3.8) is 0 Å². The minimum absolute atomic E-state index is 0.0536. The van der Waals surface area contributed by atoms with Crippen LogP contribution in [0.15, 0.2) is 47.4 Å². The molecule has 8 nitrogen and oxygen atoms in total. The summed E-state index contributed by atoms with van der Waals surface area (Å²) in [5, 5.41) is 5.47. The first-order valence-corrected chi connectivity index (χ1v) is 10.4. The highest BCUT2D eigenvalue weighted by molar-refractivity contribution is 7.92. The SMILES string of the molecule is C[C@@H]1Oc2ccc(S(=O)(=O)Nc3ccccc3C(=O)NC3CC3)cc2NC1=O. The predicted molar refractivity (Wildman–Crippen MR) is 103 cm³/mol. The van der Waals surface area contributed by atoms with Crippen LogP contribution in [-0.4, -0.2) is 32.4 Å². The number of anilines is 2. The van der Waals surface area contributed by atoms with Gasteiger partial charge in [0.1, 0.15) is 5.75 Å². The van der Waals surface area contributed by atoms with Crippen molar-refractivity contribution in [3.05, 3.63) is 48.0 Å². The molecule has 0 radical (unpaired) electrons. The highest BCUT2D eigenvalue weighted by Crippen LogP contribution is 2.32. The topological polar surface area (TPSA) is 114 Å². The summed E-state index contributed by atoms with van der Waals surface area (Å²) in [5.41, 5.74) is 0.722. The fraction of sp³-hybridized carbons (Fsp3) is 0.263. The Balaban J connectivity index is 1.61. The number of fused-ring (bicyclic) bond motifs is 1. The molecule has 2 aromatic carbocycles. The number of para-hydroxylation sites is 1.